The number of hydrogen-bond acceptors (Lipinski definition) is 11. The first-order chi connectivity index (χ1) is 28.9. The molecule has 1 aromatic heterocycles. The van der Waals surface area contributed by atoms with Crippen molar-refractivity contribution in [3.05, 3.63) is 23.9 Å². The summed E-state index contributed by atoms with van der Waals surface area (Å²) in [7, 11) is -2.84. The van der Waals surface area contributed by atoms with Crippen LogP contribution in [0.4, 0.5) is 22.4 Å². The van der Waals surface area contributed by atoms with Crippen LogP contribution >= 0.6 is 0 Å². The molecule has 3 N–H and O–H groups in total. The van der Waals surface area contributed by atoms with Crippen molar-refractivity contribution in [3.8, 4) is 11.6 Å². The Balaban J connectivity index is 1.44. The fourth-order valence-corrected chi connectivity index (χ4v) is 9.82. The summed E-state index contributed by atoms with van der Waals surface area (Å²) in [5, 5.41) is 5.24. The highest BCUT2D eigenvalue weighted by Crippen LogP contribution is 2.50. The number of halogens is 4. The molecule has 4 amide bonds. The van der Waals surface area contributed by atoms with E-state index in [2.05, 4.69) is 20.6 Å². The lowest BCUT2D eigenvalue weighted by Crippen LogP contribution is -2.61. The number of cyclic esters (lactones) is 1. The molecule has 1 aromatic carbocycles. The molecule has 7 atom stereocenters. The van der Waals surface area contributed by atoms with Crippen molar-refractivity contribution in [2.45, 2.75) is 159 Å². The van der Waals surface area contributed by atoms with Crippen LogP contribution in [0.2, 0.25) is 0 Å². The normalized spacial score (nSPS) is 29.2. The van der Waals surface area contributed by atoms with E-state index in [0.717, 1.165) is 4.90 Å². The topological polar surface area (TPSA) is 195 Å². The molecule has 0 radical (unpaired) electrons. The summed E-state index contributed by atoms with van der Waals surface area (Å²) < 4.78 is 105. The average Bonchev–Trinajstić information content (AvgIpc) is 4.07. The van der Waals surface area contributed by atoms with Gasteiger partial charge in [-0.25, -0.2) is 32.0 Å². The van der Waals surface area contributed by atoms with Crippen molar-refractivity contribution in [1.82, 2.24) is 30.2 Å². The van der Waals surface area contributed by atoms with Gasteiger partial charge in [0.05, 0.1) is 29.4 Å². The average molecular weight is 899 g/mol. The lowest BCUT2D eigenvalue weighted by atomic mass is 9.85. The number of amides is 4. The smallest absolute Gasteiger partial charge is 0.408 e. The van der Waals surface area contributed by atoms with Gasteiger partial charge < -0.3 is 29.7 Å². The van der Waals surface area contributed by atoms with Crippen molar-refractivity contribution in [2.75, 3.05) is 13.7 Å². The summed E-state index contributed by atoms with van der Waals surface area (Å²) >= 11 is 0. The third kappa shape index (κ3) is 9.83. The first-order valence-electron chi connectivity index (χ1n) is 21.3. The minimum Gasteiger partial charge on any atom is -0.497 e. The van der Waals surface area contributed by atoms with Gasteiger partial charge in [0.15, 0.2) is 5.69 Å². The molecule has 4 aliphatic rings. The summed E-state index contributed by atoms with van der Waals surface area (Å²) in [5.41, 5.74) is -3.53. The molecule has 0 unspecified atom stereocenters. The van der Waals surface area contributed by atoms with E-state index in [1.54, 1.807) is 40.7 Å². The number of carbonyl (C=O) groups is 4. The van der Waals surface area contributed by atoms with Crippen LogP contribution in [0.25, 0.3) is 11.0 Å². The number of methoxy groups -OCH3 is 1. The number of alkyl halides is 4. The number of benzene rings is 1. The maximum atomic E-state index is 16.4. The Labute approximate surface area is 359 Å². The molecule has 2 aliphatic carbocycles. The molecule has 2 bridgehead atoms. The van der Waals surface area contributed by atoms with E-state index < -0.39 is 129 Å². The fraction of sp³-hybridized carbons (Fsp3) is 0.714. The van der Waals surface area contributed by atoms with Crippen LogP contribution in [0.1, 0.15) is 118 Å². The number of aromatic nitrogens is 2. The van der Waals surface area contributed by atoms with Gasteiger partial charge in [0.2, 0.25) is 34.1 Å². The maximum absolute atomic E-state index is 16.4. The number of nitrogens with one attached hydrogen (secondary N) is 3. The van der Waals surface area contributed by atoms with Crippen LogP contribution in [-0.2, 0) is 35.1 Å². The second kappa shape index (κ2) is 17.6. The van der Waals surface area contributed by atoms with Crippen LogP contribution in [0.3, 0.4) is 0 Å². The van der Waals surface area contributed by atoms with Gasteiger partial charge in [0.1, 0.15) is 35.6 Å². The Bertz CT molecular complexity index is 2150. The zero-order valence-electron chi connectivity index (χ0n) is 36.2. The molecule has 3 heterocycles. The molecule has 1 saturated heterocycles. The summed E-state index contributed by atoms with van der Waals surface area (Å²) in [5.74, 6) is -8.85. The van der Waals surface area contributed by atoms with E-state index in [-0.39, 0.29) is 43.1 Å². The number of carbonyl (C=O) groups excluding carboxylic acids is 4. The molecule has 3 fully saturated rings. The van der Waals surface area contributed by atoms with Crippen molar-refractivity contribution in [2.24, 2.45) is 17.3 Å². The summed E-state index contributed by atoms with van der Waals surface area (Å²) in [6, 6.07) is 1.66. The molecule has 6 rings (SSSR count). The molecule has 2 aromatic rings. The molecule has 2 saturated carbocycles. The molecular formula is C42H58F4N6O9S. The highest BCUT2D eigenvalue weighted by Gasteiger charge is 2.65. The summed E-state index contributed by atoms with van der Waals surface area (Å²) in [6.07, 6.45) is -4.61. The molecule has 15 nitrogen and oxygen atoms in total. The third-order valence-corrected chi connectivity index (χ3v) is 14.9. The first-order valence-corrected chi connectivity index (χ1v) is 22.8. The number of hydrogen-bond donors (Lipinski definition) is 3. The Kier molecular flexibility index (Phi) is 13.3. The number of alkyl carbamates (subject to hydrolysis) is 1. The van der Waals surface area contributed by atoms with E-state index >= 15 is 8.78 Å². The van der Waals surface area contributed by atoms with Gasteiger partial charge in [-0.3, -0.25) is 19.1 Å². The Hall–Kier alpha value is -4.49. The van der Waals surface area contributed by atoms with Gasteiger partial charge in [0, 0.05) is 24.8 Å². The van der Waals surface area contributed by atoms with Gasteiger partial charge >= 0.3 is 6.09 Å². The number of sulfonamides is 1. The van der Waals surface area contributed by atoms with Crippen LogP contribution < -0.4 is 24.8 Å². The minimum atomic E-state index is -4.26. The van der Waals surface area contributed by atoms with Crippen LogP contribution in [0.15, 0.2) is 18.2 Å². The van der Waals surface area contributed by atoms with Crippen LogP contribution in [0, 0.1) is 17.3 Å². The van der Waals surface area contributed by atoms with Gasteiger partial charge in [0.25, 0.3) is 11.8 Å². The molecule has 344 valence electrons. The molecule has 0 spiro atoms. The predicted molar refractivity (Wildman–Crippen MR) is 218 cm³/mol. The van der Waals surface area contributed by atoms with E-state index in [1.165, 1.54) is 26.2 Å². The zero-order chi connectivity index (χ0) is 45.6. The standard InChI is InChI=1S/C42H58F4N6O9S/c1-8-26-29-22-52(31(26)34(53)50-41(21-24(41)19-30(43)44)37(55)51-62(57,58)40(6)17-18-40)36(54)33(39(3,4)5)49-38(56)60-23(2)13-11-9-10-12-16-42(45,46)32-35(61-29)48-28-20-25(59-7)14-15-27(28)47-32/h14-15,20,23-24,26,29-31,33H,8-13,16-19,21-22H2,1-7H3,(H,49,56)(H,50,53)(H,51,55)/t23-,24-,26-,29+,31+,33-,41-/m1/s1. The SMILES string of the molecule is CC[C@@H]1[C@@H]2CN(C(=O)[C@H](C(C)(C)C)NC(=O)O[C@H](C)CCCCCCC(F)(F)c3nc4ccc(OC)cc4nc3O2)[C@@H]1C(=O)N[C@]1(C(=O)NS(=O)(=O)C2(C)CC2)C[C@H]1CC(F)F. The Morgan fingerprint density at radius 2 is 1.74 bits per heavy atom. The predicted octanol–water partition coefficient (Wildman–Crippen LogP) is 6.13. The zero-order valence-corrected chi connectivity index (χ0v) is 37.0. The van der Waals surface area contributed by atoms with Crippen molar-refractivity contribution in [3.63, 3.8) is 0 Å². The lowest BCUT2D eigenvalue weighted by Gasteiger charge is -2.36. The second-order valence-electron chi connectivity index (χ2n) is 18.6. The van der Waals surface area contributed by atoms with Gasteiger partial charge in [-0.05, 0) is 82.3 Å². The van der Waals surface area contributed by atoms with E-state index in [9.17, 15) is 36.4 Å². The molecule has 2 aliphatic heterocycles. The fourth-order valence-electron chi connectivity index (χ4n) is 8.51. The van der Waals surface area contributed by atoms with E-state index in [0.29, 0.717) is 31.4 Å². The molecule has 62 heavy (non-hydrogen) atoms. The lowest BCUT2D eigenvalue weighted by molar-refractivity contribution is -0.143. The van der Waals surface area contributed by atoms with Crippen molar-refractivity contribution < 1.29 is 59.4 Å². The molecule has 20 heteroatoms. The minimum absolute atomic E-state index is 0.0760. The Morgan fingerprint density at radius 1 is 1.05 bits per heavy atom. The first kappa shape index (κ1) is 47.0. The summed E-state index contributed by atoms with van der Waals surface area (Å²) in [4.78, 5) is 66.9. The second-order valence-corrected chi connectivity index (χ2v) is 20.8. The number of nitrogens with zero attached hydrogens (tertiary/aromatic N) is 3. The number of rotatable bonds is 9. The third-order valence-electron chi connectivity index (χ3n) is 12.8. The highest BCUT2D eigenvalue weighted by molar-refractivity contribution is 7.91. The van der Waals surface area contributed by atoms with E-state index in [1.807, 2.05) is 4.72 Å². The quantitative estimate of drug-likeness (QED) is 0.245. The van der Waals surface area contributed by atoms with Crippen molar-refractivity contribution in [1.29, 1.82) is 0 Å². The largest absolute Gasteiger partial charge is 0.497 e. The Morgan fingerprint density at radius 3 is 2.37 bits per heavy atom. The van der Waals surface area contributed by atoms with Gasteiger partial charge in [-0.1, -0.05) is 40.5 Å². The van der Waals surface area contributed by atoms with Crippen LogP contribution in [0.5, 0.6) is 11.6 Å². The maximum Gasteiger partial charge on any atom is 0.408 e. The van der Waals surface area contributed by atoms with Gasteiger partial charge in [-0.2, -0.15) is 8.78 Å². The monoisotopic (exact) mass is 898 g/mol. The molecular weight excluding hydrogens is 841 g/mol. The number of fused-ring (bicyclic) bond motifs is 4. The van der Waals surface area contributed by atoms with Gasteiger partial charge in [-0.15, -0.1) is 0 Å². The highest BCUT2D eigenvalue weighted by atomic mass is 32.2. The summed E-state index contributed by atoms with van der Waals surface area (Å²) in [6.45, 7) is 9.40. The number of ether oxygens (including phenoxy) is 3. The van der Waals surface area contributed by atoms with Crippen LogP contribution in [-0.4, -0.2) is 102 Å². The van der Waals surface area contributed by atoms with Crippen molar-refractivity contribution >= 4 is 44.9 Å². The van der Waals surface area contributed by atoms with E-state index in [4.69, 9.17) is 14.2 Å².